The third-order valence-electron chi connectivity index (χ3n) is 2.21. The quantitative estimate of drug-likeness (QED) is 0.361. The normalized spacial score (nSPS) is 10.6. The van der Waals surface area contributed by atoms with E-state index in [-0.39, 0.29) is 0 Å². The highest BCUT2D eigenvalue weighted by atomic mass is 16.5. The maximum Gasteiger partial charge on any atom is 0.338 e. The Morgan fingerprint density at radius 3 is 2.74 bits per heavy atom. The minimum absolute atomic E-state index is 0.338. The average molecular weight is 256 g/mol. The number of hydrogen-bond acceptors (Lipinski definition) is 5. The van der Waals surface area contributed by atoms with Gasteiger partial charge in [-0.1, -0.05) is 18.7 Å². The molecule has 0 N–H and O–H groups in total. The van der Waals surface area contributed by atoms with Crippen molar-refractivity contribution >= 4 is 12.2 Å². The SMILES string of the molecule is C=C(C)C(=O)Oc1ccccc1/C=N/n1cnnc1. The first kappa shape index (κ1) is 12.7. The summed E-state index contributed by atoms with van der Waals surface area (Å²) < 4.78 is 6.65. The molecular weight excluding hydrogens is 244 g/mol. The van der Waals surface area contributed by atoms with Gasteiger partial charge in [0, 0.05) is 11.1 Å². The predicted octanol–water partition coefficient (Wildman–Crippen LogP) is 1.64. The Kier molecular flexibility index (Phi) is 3.82. The smallest absolute Gasteiger partial charge is 0.338 e. The van der Waals surface area contributed by atoms with Crippen LogP contribution in [0.25, 0.3) is 0 Å². The van der Waals surface area contributed by atoms with Crippen molar-refractivity contribution in [3.8, 4) is 5.75 Å². The van der Waals surface area contributed by atoms with Crippen molar-refractivity contribution < 1.29 is 9.53 Å². The summed E-state index contributed by atoms with van der Waals surface area (Å²) in [6, 6.07) is 7.08. The molecule has 0 bridgehead atoms. The van der Waals surface area contributed by atoms with Gasteiger partial charge in [0.2, 0.25) is 0 Å². The summed E-state index contributed by atoms with van der Waals surface area (Å²) >= 11 is 0. The summed E-state index contributed by atoms with van der Waals surface area (Å²) in [4.78, 5) is 11.5. The third kappa shape index (κ3) is 3.35. The summed E-state index contributed by atoms with van der Waals surface area (Å²) in [5.41, 5.74) is 1.01. The fraction of sp³-hybridized carbons (Fsp3) is 0.0769. The van der Waals surface area contributed by atoms with E-state index >= 15 is 0 Å². The first-order valence-electron chi connectivity index (χ1n) is 5.52. The van der Waals surface area contributed by atoms with Crippen LogP contribution in [0.1, 0.15) is 12.5 Å². The van der Waals surface area contributed by atoms with Gasteiger partial charge in [-0.25, -0.2) is 9.47 Å². The molecular formula is C13H12N4O2. The Bertz CT molecular complexity index is 617. The van der Waals surface area contributed by atoms with Crippen molar-refractivity contribution in [3.63, 3.8) is 0 Å². The molecule has 0 aliphatic carbocycles. The summed E-state index contributed by atoms with van der Waals surface area (Å²) in [7, 11) is 0. The van der Waals surface area contributed by atoms with Crippen LogP contribution in [-0.2, 0) is 4.79 Å². The lowest BCUT2D eigenvalue weighted by Crippen LogP contribution is -2.09. The second-order valence-electron chi connectivity index (χ2n) is 3.79. The van der Waals surface area contributed by atoms with Crippen LogP contribution in [0.2, 0.25) is 0 Å². The number of hydrogen-bond donors (Lipinski definition) is 0. The van der Waals surface area contributed by atoms with Crippen LogP contribution in [0.15, 0.2) is 54.2 Å². The molecule has 0 atom stereocenters. The Hall–Kier alpha value is -2.76. The summed E-state index contributed by atoms with van der Waals surface area (Å²) in [6.07, 6.45) is 4.47. The van der Waals surface area contributed by atoms with Crippen LogP contribution >= 0.6 is 0 Å². The number of ether oxygens (including phenoxy) is 1. The van der Waals surface area contributed by atoms with E-state index in [0.717, 1.165) is 0 Å². The predicted molar refractivity (Wildman–Crippen MR) is 69.9 cm³/mol. The highest BCUT2D eigenvalue weighted by Gasteiger charge is 2.08. The molecule has 2 aromatic rings. The zero-order valence-electron chi connectivity index (χ0n) is 10.4. The average Bonchev–Trinajstić information content (AvgIpc) is 2.90. The Morgan fingerprint density at radius 2 is 2.05 bits per heavy atom. The van der Waals surface area contributed by atoms with Gasteiger partial charge in [0.15, 0.2) is 0 Å². The fourth-order valence-corrected chi connectivity index (χ4v) is 1.25. The molecule has 0 fully saturated rings. The molecule has 0 aliphatic heterocycles. The van der Waals surface area contributed by atoms with Gasteiger partial charge < -0.3 is 4.74 Å². The van der Waals surface area contributed by atoms with Crippen LogP contribution in [0.4, 0.5) is 0 Å². The van der Waals surface area contributed by atoms with E-state index in [2.05, 4.69) is 21.9 Å². The Balaban J connectivity index is 2.21. The first-order chi connectivity index (χ1) is 9.16. The number of rotatable bonds is 4. The van der Waals surface area contributed by atoms with E-state index in [1.54, 1.807) is 31.3 Å². The molecule has 6 heteroatoms. The van der Waals surface area contributed by atoms with Crippen molar-refractivity contribution in [2.24, 2.45) is 5.10 Å². The van der Waals surface area contributed by atoms with Gasteiger partial charge in [0.25, 0.3) is 0 Å². The Labute approximate surface area is 110 Å². The molecule has 0 aliphatic rings. The number of para-hydroxylation sites is 1. The molecule has 1 heterocycles. The van der Waals surface area contributed by atoms with Crippen molar-refractivity contribution in [1.29, 1.82) is 0 Å². The van der Waals surface area contributed by atoms with E-state index in [1.807, 2.05) is 6.07 Å². The van der Waals surface area contributed by atoms with Gasteiger partial charge >= 0.3 is 5.97 Å². The second-order valence-corrected chi connectivity index (χ2v) is 3.79. The third-order valence-corrected chi connectivity index (χ3v) is 2.21. The number of carbonyl (C=O) groups excluding carboxylic acids is 1. The van der Waals surface area contributed by atoms with Crippen molar-refractivity contribution in [3.05, 3.63) is 54.6 Å². The van der Waals surface area contributed by atoms with E-state index in [9.17, 15) is 4.79 Å². The zero-order chi connectivity index (χ0) is 13.7. The molecule has 0 saturated heterocycles. The van der Waals surface area contributed by atoms with Gasteiger partial charge in [0.1, 0.15) is 18.4 Å². The van der Waals surface area contributed by atoms with Crippen LogP contribution in [-0.4, -0.2) is 27.1 Å². The molecule has 0 unspecified atom stereocenters. The number of carbonyl (C=O) groups is 1. The fourth-order valence-electron chi connectivity index (χ4n) is 1.25. The molecule has 0 amide bonds. The maximum absolute atomic E-state index is 11.5. The van der Waals surface area contributed by atoms with Crippen molar-refractivity contribution in [1.82, 2.24) is 14.9 Å². The highest BCUT2D eigenvalue weighted by molar-refractivity contribution is 5.91. The van der Waals surface area contributed by atoms with Gasteiger partial charge in [0.05, 0.1) is 6.21 Å². The van der Waals surface area contributed by atoms with Crippen molar-refractivity contribution in [2.75, 3.05) is 0 Å². The molecule has 96 valence electrons. The number of aromatic nitrogens is 3. The lowest BCUT2D eigenvalue weighted by atomic mass is 10.2. The summed E-state index contributed by atoms with van der Waals surface area (Å²) in [5, 5.41) is 11.4. The Morgan fingerprint density at radius 1 is 1.37 bits per heavy atom. The maximum atomic E-state index is 11.5. The van der Waals surface area contributed by atoms with Crippen LogP contribution in [0.5, 0.6) is 5.75 Å². The molecule has 2 rings (SSSR count). The molecule has 1 aromatic carbocycles. The van der Waals surface area contributed by atoms with Crippen molar-refractivity contribution in [2.45, 2.75) is 6.92 Å². The van der Waals surface area contributed by atoms with Gasteiger partial charge in [-0.15, -0.1) is 10.2 Å². The number of esters is 1. The summed E-state index contributed by atoms with van der Waals surface area (Å²) in [6.45, 7) is 5.13. The molecule has 19 heavy (non-hydrogen) atoms. The van der Waals surface area contributed by atoms with Gasteiger partial charge in [-0.3, -0.25) is 0 Å². The number of nitrogens with zero attached hydrogens (tertiary/aromatic N) is 4. The van der Waals surface area contributed by atoms with Gasteiger partial charge in [-0.05, 0) is 19.1 Å². The molecule has 6 nitrogen and oxygen atoms in total. The topological polar surface area (TPSA) is 69.4 Å². The lowest BCUT2D eigenvalue weighted by molar-refractivity contribution is -0.130. The summed E-state index contributed by atoms with van der Waals surface area (Å²) in [5.74, 6) is -0.0440. The molecule has 1 aromatic heterocycles. The number of benzene rings is 1. The van der Waals surface area contributed by atoms with E-state index in [4.69, 9.17) is 4.74 Å². The van der Waals surface area contributed by atoms with Crippen LogP contribution in [0, 0.1) is 0 Å². The first-order valence-corrected chi connectivity index (χ1v) is 5.52. The lowest BCUT2D eigenvalue weighted by Gasteiger charge is -2.06. The standard InChI is InChI=1S/C13H12N4O2/c1-10(2)13(18)19-12-6-4-3-5-11(12)7-16-17-8-14-15-9-17/h3-9H,1H2,2H3/b16-7+. The second kappa shape index (κ2) is 5.72. The molecule has 0 radical (unpaired) electrons. The minimum Gasteiger partial charge on any atom is -0.422 e. The van der Waals surface area contributed by atoms with E-state index < -0.39 is 5.97 Å². The monoisotopic (exact) mass is 256 g/mol. The van der Waals surface area contributed by atoms with E-state index in [0.29, 0.717) is 16.9 Å². The zero-order valence-corrected chi connectivity index (χ0v) is 10.4. The van der Waals surface area contributed by atoms with Crippen LogP contribution < -0.4 is 4.74 Å². The van der Waals surface area contributed by atoms with E-state index in [1.165, 1.54) is 17.3 Å². The largest absolute Gasteiger partial charge is 0.422 e. The highest BCUT2D eigenvalue weighted by Crippen LogP contribution is 2.17. The van der Waals surface area contributed by atoms with Gasteiger partial charge in [-0.2, -0.15) is 5.10 Å². The minimum atomic E-state index is -0.467. The molecule has 0 spiro atoms. The molecule has 0 saturated carbocycles. The van der Waals surface area contributed by atoms with Crippen LogP contribution in [0.3, 0.4) is 0 Å².